The maximum atomic E-state index is 13.1. The SMILES string of the molecule is CCC(NC(=O)C(CC(C)C)NC(=O)NCc1ccc(C)cc1)C(=O)C(=O)NCc1cc(OC)cc(OC)c1. The van der Waals surface area contributed by atoms with Crippen molar-refractivity contribution in [2.45, 2.75) is 65.7 Å². The molecule has 10 heteroatoms. The number of amides is 4. The van der Waals surface area contributed by atoms with Crippen LogP contribution in [-0.4, -0.2) is 49.9 Å². The molecule has 0 spiro atoms. The van der Waals surface area contributed by atoms with Crippen LogP contribution in [0, 0.1) is 12.8 Å². The molecule has 10 nitrogen and oxygen atoms in total. The second kappa shape index (κ2) is 15.4. The highest BCUT2D eigenvalue weighted by Gasteiger charge is 2.29. The zero-order valence-electron chi connectivity index (χ0n) is 23.6. The lowest BCUT2D eigenvalue weighted by atomic mass is 10.0. The number of carbonyl (C=O) groups is 4. The highest BCUT2D eigenvalue weighted by molar-refractivity contribution is 6.38. The number of hydrogen-bond donors (Lipinski definition) is 4. The van der Waals surface area contributed by atoms with Crippen molar-refractivity contribution >= 4 is 23.6 Å². The Labute approximate surface area is 230 Å². The minimum Gasteiger partial charge on any atom is -0.497 e. The topological polar surface area (TPSA) is 135 Å². The molecular formula is C29H40N4O6. The molecule has 2 aromatic carbocycles. The van der Waals surface area contributed by atoms with Crippen molar-refractivity contribution in [2.24, 2.45) is 5.92 Å². The van der Waals surface area contributed by atoms with Gasteiger partial charge in [-0.2, -0.15) is 0 Å². The van der Waals surface area contributed by atoms with Gasteiger partial charge in [0, 0.05) is 19.2 Å². The average molecular weight is 541 g/mol. The minimum atomic E-state index is -1.04. The third kappa shape index (κ3) is 10.3. The van der Waals surface area contributed by atoms with E-state index in [0.29, 0.717) is 30.0 Å². The van der Waals surface area contributed by atoms with Crippen LogP contribution >= 0.6 is 0 Å². The fourth-order valence-corrected chi connectivity index (χ4v) is 3.82. The number of aryl methyl sites for hydroxylation is 1. The van der Waals surface area contributed by atoms with Gasteiger partial charge < -0.3 is 30.7 Å². The summed E-state index contributed by atoms with van der Waals surface area (Å²) >= 11 is 0. The molecule has 0 saturated heterocycles. The van der Waals surface area contributed by atoms with Crippen LogP contribution < -0.4 is 30.7 Å². The number of Topliss-reactive ketones (excluding diaryl/α,β-unsaturated/α-hetero) is 1. The van der Waals surface area contributed by atoms with Crippen LogP contribution in [0.2, 0.25) is 0 Å². The van der Waals surface area contributed by atoms with Crippen molar-refractivity contribution < 1.29 is 28.7 Å². The van der Waals surface area contributed by atoms with Crippen LogP contribution in [0.4, 0.5) is 4.79 Å². The first-order valence-corrected chi connectivity index (χ1v) is 13.0. The van der Waals surface area contributed by atoms with E-state index in [1.165, 1.54) is 14.2 Å². The van der Waals surface area contributed by atoms with Gasteiger partial charge in [-0.15, -0.1) is 0 Å². The van der Waals surface area contributed by atoms with Gasteiger partial charge in [0.15, 0.2) is 0 Å². The Morgan fingerprint density at radius 1 is 0.795 bits per heavy atom. The summed E-state index contributed by atoms with van der Waals surface area (Å²) in [5, 5.41) is 10.7. The molecule has 2 atom stereocenters. The number of carbonyl (C=O) groups excluding carboxylic acids is 4. The van der Waals surface area contributed by atoms with Crippen molar-refractivity contribution in [3.05, 3.63) is 59.2 Å². The zero-order chi connectivity index (χ0) is 28.9. The molecule has 0 radical (unpaired) electrons. The van der Waals surface area contributed by atoms with E-state index in [1.54, 1.807) is 25.1 Å². The summed E-state index contributed by atoms with van der Waals surface area (Å²) in [6.45, 7) is 7.90. The molecular weight excluding hydrogens is 500 g/mol. The van der Waals surface area contributed by atoms with E-state index in [1.807, 2.05) is 45.0 Å². The van der Waals surface area contributed by atoms with E-state index in [4.69, 9.17) is 9.47 Å². The predicted molar refractivity (Wildman–Crippen MR) is 148 cm³/mol. The molecule has 0 aromatic heterocycles. The van der Waals surface area contributed by atoms with Crippen LogP contribution in [0.3, 0.4) is 0 Å². The first kappa shape index (κ1) is 31.1. The molecule has 2 rings (SSSR count). The highest BCUT2D eigenvalue weighted by Crippen LogP contribution is 2.22. The van der Waals surface area contributed by atoms with E-state index in [0.717, 1.165) is 11.1 Å². The summed E-state index contributed by atoms with van der Waals surface area (Å²) in [5.41, 5.74) is 2.73. The zero-order valence-corrected chi connectivity index (χ0v) is 23.6. The lowest BCUT2D eigenvalue weighted by molar-refractivity contribution is -0.140. The fraction of sp³-hybridized carbons (Fsp3) is 0.448. The maximum Gasteiger partial charge on any atom is 0.315 e. The normalized spacial score (nSPS) is 12.2. The molecule has 0 fully saturated rings. The number of benzene rings is 2. The monoisotopic (exact) mass is 540 g/mol. The summed E-state index contributed by atoms with van der Waals surface area (Å²) in [6.07, 6.45) is 0.567. The Morgan fingerprint density at radius 3 is 1.92 bits per heavy atom. The van der Waals surface area contributed by atoms with Crippen molar-refractivity contribution in [1.29, 1.82) is 0 Å². The number of ether oxygens (including phenoxy) is 2. The Hall–Kier alpha value is -4.08. The second-order valence-corrected chi connectivity index (χ2v) is 9.73. The largest absolute Gasteiger partial charge is 0.497 e. The summed E-state index contributed by atoms with van der Waals surface area (Å²) < 4.78 is 10.5. The lowest BCUT2D eigenvalue weighted by Crippen LogP contribution is -2.55. The summed E-state index contributed by atoms with van der Waals surface area (Å²) in [7, 11) is 3.04. The van der Waals surface area contributed by atoms with Crippen LogP contribution in [0.15, 0.2) is 42.5 Å². The third-order valence-corrected chi connectivity index (χ3v) is 6.03. The molecule has 0 bridgehead atoms. The summed E-state index contributed by atoms with van der Waals surface area (Å²) in [5.74, 6) is -0.928. The van der Waals surface area contributed by atoms with Gasteiger partial charge in [0.2, 0.25) is 11.7 Å². The first-order valence-electron chi connectivity index (χ1n) is 13.0. The van der Waals surface area contributed by atoms with Gasteiger partial charge in [0.25, 0.3) is 5.91 Å². The molecule has 0 aliphatic carbocycles. The van der Waals surface area contributed by atoms with Crippen molar-refractivity contribution in [1.82, 2.24) is 21.3 Å². The van der Waals surface area contributed by atoms with E-state index >= 15 is 0 Å². The highest BCUT2D eigenvalue weighted by atomic mass is 16.5. The molecule has 2 unspecified atom stereocenters. The summed E-state index contributed by atoms with van der Waals surface area (Å²) in [6, 6.07) is 10.5. The van der Waals surface area contributed by atoms with Gasteiger partial charge in [-0.3, -0.25) is 14.4 Å². The predicted octanol–water partition coefficient (Wildman–Crippen LogP) is 3.01. The van der Waals surface area contributed by atoms with E-state index in [9.17, 15) is 19.2 Å². The number of methoxy groups -OCH3 is 2. The standard InChI is InChI=1S/C29H40N4O6/c1-7-24(26(34)28(36)30-17-21-13-22(38-5)15-23(14-21)39-6)32-27(35)25(12-18(2)3)33-29(37)31-16-20-10-8-19(4)9-11-20/h8-11,13-15,18,24-25H,7,12,16-17H2,1-6H3,(H,30,36)(H,32,35)(H2,31,33,37). The Kier molecular flexibility index (Phi) is 12.3. The van der Waals surface area contributed by atoms with Gasteiger partial charge in [-0.1, -0.05) is 50.6 Å². The fourth-order valence-electron chi connectivity index (χ4n) is 3.82. The van der Waals surface area contributed by atoms with E-state index < -0.39 is 35.7 Å². The van der Waals surface area contributed by atoms with E-state index in [2.05, 4.69) is 21.3 Å². The number of rotatable bonds is 14. The van der Waals surface area contributed by atoms with Gasteiger partial charge in [-0.25, -0.2) is 4.79 Å². The molecule has 212 valence electrons. The van der Waals surface area contributed by atoms with Crippen molar-refractivity contribution in [2.75, 3.05) is 14.2 Å². The second-order valence-electron chi connectivity index (χ2n) is 9.73. The molecule has 4 amide bonds. The minimum absolute atomic E-state index is 0.0706. The van der Waals surface area contributed by atoms with E-state index in [-0.39, 0.29) is 18.9 Å². The van der Waals surface area contributed by atoms with Crippen LogP contribution in [0.5, 0.6) is 11.5 Å². The summed E-state index contributed by atoms with van der Waals surface area (Å²) in [4.78, 5) is 51.1. The Balaban J connectivity index is 1.97. The average Bonchev–Trinajstić information content (AvgIpc) is 2.92. The number of nitrogens with one attached hydrogen (secondary N) is 4. The van der Waals surface area contributed by atoms with Crippen molar-refractivity contribution in [3.8, 4) is 11.5 Å². The molecule has 0 saturated carbocycles. The number of ketones is 1. The van der Waals surface area contributed by atoms with Gasteiger partial charge in [-0.05, 0) is 48.9 Å². The lowest BCUT2D eigenvalue weighted by Gasteiger charge is -2.23. The molecule has 2 aromatic rings. The van der Waals surface area contributed by atoms with Crippen molar-refractivity contribution in [3.63, 3.8) is 0 Å². The van der Waals surface area contributed by atoms with Gasteiger partial charge in [0.1, 0.15) is 17.5 Å². The Morgan fingerprint density at radius 2 is 1.38 bits per heavy atom. The molecule has 0 heterocycles. The molecule has 4 N–H and O–H groups in total. The van der Waals surface area contributed by atoms with Gasteiger partial charge >= 0.3 is 6.03 Å². The molecule has 39 heavy (non-hydrogen) atoms. The van der Waals surface area contributed by atoms with Crippen LogP contribution in [0.1, 0.15) is 50.3 Å². The first-order chi connectivity index (χ1) is 18.6. The van der Waals surface area contributed by atoms with Gasteiger partial charge in [0.05, 0.1) is 20.3 Å². The number of urea groups is 1. The molecule has 0 aliphatic rings. The Bertz CT molecular complexity index is 1110. The maximum absolute atomic E-state index is 13.1. The number of hydrogen-bond acceptors (Lipinski definition) is 6. The smallest absolute Gasteiger partial charge is 0.315 e. The quantitative estimate of drug-likeness (QED) is 0.272. The van der Waals surface area contributed by atoms with Crippen LogP contribution in [-0.2, 0) is 27.5 Å². The molecule has 0 aliphatic heterocycles. The third-order valence-electron chi connectivity index (χ3n) is 6.03. The van der Waals surface area contributed by atoms with Crippen LogP contribution in [0.25, 0.3) is 0 Å².